The number of aromatic nitrogens is 5. The van der Waals surface area contributed by atoms with Gasteiger partial charge in [-0.2, -0.15) is 20.5 Å². The van der Waals surface area contributed by atoms with E-state index in [9.17, 15) is 0 Å². The van der Waals surface area contributed by atoms with Gasteiger partial charge in [-0.05, 0) is 65.0 Å². The third-order valence-electron chi connectivity index (χ3n) is 6.48. The fourth-order valence-electron chi connectivity index (χ4n) is 4.81. The fraction of sp³-hybridized carbons (Fsp3) is 0.250. The molecule has 184 valence electrons. The summed E-state index contributed by atoms with van der Waals surface area (Å²) < 4.78 is 8.06. The molecule has 0 spiro atoms. The Morgan fingerprint density at radius 3 is 2.78 bits per heavy atom. The molecule has 1 atom stereocenters. The lowest BCUT2D eigenvalue weighted by Crippen LogP contribution is -2.18. The summed E-state index contributed by atoms with van der Waals surface area (Å²) in [6, 6.07) is 20.6. The van der Waals surface area contributed by atoms with Gasteiger partial charge in [0.05, 0.1) is 12.7 Å². The van der Waals surface area contributed by atoms with Crippen molar-refractivity contribution in [1.82, 2.24) is 30.5 Å². The Hall–Kier alpha value is -4.17. The van der Waals surface area contributed by atoms with Crippen LogP contribution in [0.3, 0.4) is 0 Å². The minimum atomic E-state index is 0. The maximum Gasteiger partial charge on any atom is 0.120 e. The third kappa shape index (κ3) is 4.94. The molecule has 8 nitrogen and oxygen atoms in total. The lowest BCUT2D eigenvalue weighted by molar-refractivity contribution is 0.305. The van der Waals surface area contributed by atoms with Crippen LogP contribution in [0.15, 0.2) is 73.1 Å². The summed E-state index contributed by atoms with van der Waals surface area (Å²) in [6.07, 6.45) is 4.94. The van der Waals surface area contributed by atoms with Crippen molar-refractivity contribution in [3.05, 3.63) is 101 Å². The number of anilines is 1. The molecule has 36 heavy (non-hydrogen) atoms. The van der Waals surface area contributed by atoms with Crippen molar-refractivity contribution >= 4 is 16.7 Å². The van der Waals surface area contributed by atoms with Crippen molar-refractivity contribution in [2.75, 3.05) is 12.3 Å². The van der Waals surface area contributed by atoms with Gasteiger partial charge in [0, 0.05) is 24.3 Å². The van der Waals surface area contributed by atoms with E-state index in [0.29, 0.717) is 18.8 Å². The number of aromatic amines is 1. The first-order chi connectivity index (χ1) is 17.2. The van der Waals surface area contributed by atoms with Crippen LogP contribution < -0.4 is 15.8 Å². The van der Waals surface area contributed by atoms with Gasteiger partial charge in [-0.25, -0.2) is 0 Å². The van der Waals surface area contributed by atoms with Crippen molar-refractivity contribution in [3.63, 3.8) is 0 Å². The Labute approximate surface area is 210 Å². The molecular weight excluding hydrogens is 450 g/mol. The molecule has 0 saturated heterocycles. The first-order valence-corrected chi connectivity index (χ1v) is 11.8. The van der Waals surface area contributed by atoms with E-state index in [4.69, 9.17) is 10.5 Å². The first kappa shape index (κ1) is 23.6. The minimum Gasteiger partial charge on any atom is -0.489 e. The van der Waals surface area contributed by atoms with E-state index < -0.39 is 0 Å². The van der Waals surface area contributed by atoms with E-state index in [1.165, 1.54) is 5.56 Å². The van der Waals surface area contributed by atoms with Crippen LogP contribution in [0.5, 0.6) is 5.75 Å². The Bertz CT molecular complexity index is 1470. The van der Waals surface area contributed by atoms with Crippen LogP contribution in [0, 0.1) is 0 Å². The molecule has 2 aromatic heterocycles. The SMILES string of the molecule is C.Nc1cc(C2CCNCc3cccc(c3)COc3cccc(c3)Cn3cc2cn3)c2n[nH]nc2c1. The van der Waals surface area contributed by atoms with Crippen LogP contribution in [-0.2, 0) is 19.7 Å². The van der Waals surface area contributed by atoms with Gasteiger partial charge in [0.2, 0.25) is 0 Å². The number of ether oxygens (including phenoxy) is 1. The fourth-order valence-corrected chi connectivity index (χ4v) is 4.81. The van der Waals surface area contributed by atoms with Gasteiger partial charge >= 0.3 is 0 Å². The standard InChI is InChI=1S/C27H27N7O.CH4/c28-22-11-25(27-26(12-22)31-33-32-27)24-7-8-29-13-18-3-1-5-20(9-18)17-35-23-6-2-4-19(10-23)15-34-16-21(24)14-30-34;/h1-6,9-12,14,16,24,29H,7-8,13,15,17,28H2,(H,31,32,33);1H4. The highest BCUT2D eigenvalue weighted by Gasteiger charge is 2.21. The summed E-state index contributed by atoms with van der Waals surface area (Å²) in [5.74, 6) is 0.929. The smallest absolute Gasteiger partial charge is 0.120 e. The molecule has 0 fully saturated rings. The van der Waals surface area contributed by atoms with Gasteiger partial charge in [0.25, 0.3) is 0 Å². The molecule has 3 aromatic carbocycles. The molecule has 6 bridgehead atoms. The molecule has 4 N–H and O–H groups in total. The van der Waals surface area contributed by atoms with Crippen LogP contribution in [0.25, 0.3) is 11.0 Å². The van der Waals surface area contributed by atoms with Crippen LogP contribution in [0.4, 0.5) is 5.69 Å². The highest BCUT2D eigenvalue weighted by atomic mass is 16.5. The second-order valence-electron chi connectivity index (χ2n) is 9.05. The number of H-pyrrole nitrogens is 1. The van der Waals surface area contributed by atoms with Crippen LogP contribution >= 0.6 is 0 Å². The van der Waals surface area contributed by atoms with Gasteiger partial charge in [-0.1, -0.05) is 43.8 Å². The van der Waals surface area contributed by atoms with Gasteiger partial charge in [-0.15, -0.1) is 0 Å². The van der Waals surface area contributed by atoms with Crippen molar-refractivity contribution in [2.24, 2.45) is 0 Å². The topological polar surface area (TPSA) is 107 Å². The third-order valence-corrected chi connectivity index (χ3v) is 6.48. The number of nitrogens with zero attached hydrogens (tertiary/aromatic N) is 4. The largest absolute Gasteiger partial charge is 0.489 e. The van der Waals surface area contributed by atoms with E-state index >= 15 is 0 Å². The zero-order valence-electron chi connectivity index (χ0n) is 19.3. The molecule has 0 amide bonds. The lowest BCUT2D eigenvalue weighted by atomic mass is 9.89. The maximum absolute atomic E-state index is 6.24. The monoisotopic (exact) mass is 481 g/mol. The summed E-state index contributed by atoms with van der Waals surface area (Å²) in [5, 5.41) is 19.7. The summed E-state index contributed by atoms with van der Waals surface area (Å²) in [7, 11) is 0. The average Bonchev–Trinajstić information content (AvgIpc) is 3.52. The van der Waals surface area contributed by atoms with Crippen LogP contribution in [0.1, 0.15) is 47.6 Å². The highest BCUT2D eigenvalue weighted by Crippen LogP contribution is 2.33. The summed E-state index contributed by atoms with van der Waals surface area (Å²) >= 11 is 0. The van der Waals surface area contributed by atoms with Gasteiger partial charge in [0.1, 0.15) is 23.4 Å². The number of rotatable bonds is 1. The molecule has 1 aliphatic heterocycles. The zero-order chi connectivity index (χ0) is 23.6. The molecule has 8 heteroatoms. The molecule has 0 radical (unpaired) electrons. The molecule has 3 heterocycles. The quantitative estimate of drug-likeness (QED) is 0.302. The molecule has 0 aliphatic carbocycles. The van der Waals surface area contributed by atoms with E-state index in [1.54, 1.807) is 0 Å². The van der Waals surface area contributed by atoms with E-state index in [2.05, 4.69) is 68.4 Å². The van der Waals surface area contributed by atoms with Crippen molar-refractivity contribution < 1.29 is 4.74 Å². The predicted octanol–water partition coefficient (Wildman–Crippen LogP) is 4.63. The number of benzene rings is 3. The number of hydrogen-bond acceptors (Lipinski definition) is 6. The number of hydrogen-bond donors (Lipinski definition) is 3. The Morgan fingerprint density at radius 2 is 1.83 bits per heavy atom. The molecule has 5 aromatic rings. The van der Waals surface area contributed by atoms with Crippen molar-refractivity contribution in [2.45, 2.75) is 39.5 Å². The maximum atomic E-state index is 6.24. The molecule has 0 saturated carbocycles. The first-order valence-electron chi connectivity index (χ1n) is 11.8. The van der Waals surface area contributed by atoms with Gasteiger partial charge < -0.3 is 15.8 Å². The van der Waals surface area contributed by atoms with Crippen molar-refractivity contribution in [3.8, 4) is 5.75 Å². The summed E-state index contributed by atoms with van der Waals surface area (Å²) in [4.78, 5) is 0. The Morgan fingerprint density at radius 1 is 0.972 bits per heavy atom. The highest BCUT2D eigenvalue weighted by molar-refractivity contribution is 5.82. The minimum absolute atomic E-state index is 0. The molecular formula is C28H31N7O. The molecule has 1 unspecified atom stereocenters. The van der Waals surface area contributed by atoms with E-state index in [0.717, 1.165) is 58.5 Å². The average molecular weight is 482 g/mol. The summed E-state index contributed by atoms with van der Waals surface area (Å²) in [6.45, 7) is 2.81. The van der Waals surface area contributed by atoms with E-state index in [-0.39, 0.29) is 13.3 Å². The Kier molecular flexibility index (Phi) is 6.69. The number of nitrogens with one attached hydrogen (secondary N) is 2. The number of nitrogen functional groups attached to an aromatic ring is 1. The molecule has 1 aliphatic rings. The van der Waals surface area contributed by atoms with Crippen LogP contribution in [-0.4, -0.2) is 31.7 Å². The zero-order valence-corrected chi connectivity index (χ0v) is 19.3. The van der Waals surface area contributed by atoms with Gasteiger partial charge in [-0.3, -0.25) is 4.68 Å². The Balaban J connectivity index is 0.00000267. The second kappa shape index (κ2) is 10.2. The summed E-state index contributed by atoms with van der Waals surface area (Å²) in [5.41, 5.74) is 14.3. The molecule has 6 rings (SSSR count). The lowest BCUT2D eigenvalue weighted by Gasteiger charge is -2.17. The second-order valence-corrected chi connectivity index (χ2v) is 9.05. The number of fused-ring (bicyclic) bond motifs is 7. The van der Waals surface area contributed by atoms with Crippen LogP contribution in [0.2, 0.25) is 0 Å². The predicted molar refractivity (Wildman–Crippen MR) is 142 cm³/mol. The van der Waals surface area contributed by atoms with Crippen molar-refractivity contribution in [1.29, 1.82) is 0 Å². The van der Waals surface area contributed by atoms with E-state index in [1.807, 2.05) is 35.1 Å². The van der Waals surface area contributed by atoms with Gasteiger partial charge in [0.15, 0.2) is 0 Å². The number of nitrogens with two attached hydrogens (primary N) is 1. The normalized spacial score (nSPS) is 16.1.